The number of aromatic nitrogens is 3. The van der Waals surface area contributed by atoms with E-state index in [1.807, 2.05) is 36.4 Å². The van der Waals surface area contributed by atoms with Gasteiger partial charge in [0.05, 0.1) is 5.52 Å². The van der Waals surface area contributed by atoms with E-state index in [2.05, 4.69) is 25.6 Å². The molecule has 0 aliphatic rings. The summed E-state index contributed by atoms with van der Waals surface area (Å²) in [6, 6.07) is 11.6. The van der Waals surface area contributed by atoms with Gasteiger partial charge in [-0.25, -0.2) is 9.97 Å². The number of benzene rings is 1. The lowest BCUT2D eigenvalue weighted by atomic mass is 10.2. The Labute approximate surface area is 140 Å². The maximum absolute atomic E-state index is 11.9. The number of rotatable bonds is 7. The van der Waals surface area contributed by atoms with Gasteiger partial charge < -0.3 is 10.6 Å². The molecule has 122 valence electrons. The molecule has 24 heavy (non-hydrogen) atoms. The number of anilines is 1. The first-order valence-electron chi connectivity index (χ1n) is 7.92. The molecule has 0 aliphatic heterocycles. The predicted octanol–water partition coefficient (Wildman–Crippen LogP) is 2.53. The second kappa shape index (κ2) is 8.01. The van der Waals surface area contributed by atoms with Crippen LogP contribution >= 0.6 is 0 Å². The summed E-state index contributed by atoms with van der Waals surface area (Å²) in [5.41, 5.74) is 1.95. The van der Waals surface area contributed by atoms with E-state index in [0.29, 0.717) is 19.5 Å². The highest BCUT2D eigenvalue weighted by Gasteiger charge is 2.04. The highest BCUT2D eigenvalue weighted by Crippen LogP contribution is 2.18. The highest BCUT2D eigenvalue weighted by molar-refractivity contribution is 5.88. The van der Waals surface area contributed by atoms with Crippen molar-refractivity contribution < 1.29 is 4.79 Å². The molecule has 2 heterocycles. The minimum atomic E-state index is 0.0427. The van der Waals surface area contributed by atoms with Gasteiger partial charge in [-0.1, -0.05) is 12.1 Å². The first kappa shape index (κ1) is 15.9. The number of fused-ring (bicyclic) bond motifs is 1. The maximum Gasteiger partial charge on any atom is 0.220 e. The van der Waals surface area contributed by atoms with Gasteiger partial charge in [0.15, 0.2) is 0 Å². The number of pyridine rings is 1. The van der Waals surface area contributed by atoms with Crippen molar-refractivity contribution in [3.8, 4) is 0 Å². The minimum Gasteiger partial charge on any atom is -0.369 e. The molecule has 0 bridgehead atoms. The summed E-state index contributed by atoms with van der Waals surface area (Å²) < 4.78 is 0. The van der Waals surface area contributed by atoms with Gasteiger partial charge in [-0.05, 0) is 36.2 Å². The van der Waals surface area contributed by atoms with Crippen LogP contribution in [0.1, 0.15) is 18.4 Å². The van der Waals surface area contributed by atoms with Gasteiger partial charge in [0.25, 0.3) is 0 Å². The van der Waals surface area contributed by atoms with Gasteiger partial charge in [0, 0.05) is 37.3 Å². The molecule has 0 fully saturated rings. The van der Waals surface area contributed by atoms with Crippen molar-refractivity contribution in [3.63, 3.8) is 0 Å². The third-order valence-corrected chi connectivity index (χ3v) is 3.65. The Kier molecular flexibility index (Phi) is 5.29. The van der Waals surface area contributed by atoms with Crippen LogP contribution in [0.4, 0.5) is 5.82 Å². The van der Waals surface area contributed by atoms with Gasteiger partial charge >= 0.3 is 0 Å². The van der Waals surface area contributed by atoms with Crippen molar-refractivity contribution >= 4 is 22.6 Å². The first-order chi connectivity index (χ1) is 11.8. The van der Waals surface area contributed by atoms with Gasteiger partial charge in [-0.2, -0.15) is 0 Å². The Morgan fingerprint density at radius 2 is 1.88 bits per heavy atom. The molecule has 6 heteroatoms. The molecular weight excluding hydrogens is 302 g/mol. The monoisotopic (exact) mass is 321 g/mol. The predicted molar refractivity (Wildman–Crippen MR) is 93.3 cm³/mol. The van der Waals surface area contributed by atoms with E-state index in [1.54, 1.807) is 18.7 Å². The summed E-state index contributed by atoms with van der Waals surface area (Å²) in [6.45, 7) is 1.22. The number of nitrogens with zero attached hydrogens (tertiary/aromatic N) is 3. The summed E-state index contributed by atoms with van der Waals surface area (Å²) >= 11 is 0. The lowest BCUT2D eigenvalue weighted by Gasteiger charge is -2.08. The van der Waals surface area contributed by atoms with E-state index < -0.39 is 0 Å². The molecule has 1 aromatic carbocycles. The number of carbonyl (C=O) groups excluding carboxylic acids is 1. The SMILES string of the molecule is O=C(CCCNc1ncnc2ccccc12)NCc1ccncc1. The van der Waals surface area contributed by atoms with Crippen molar-refractivity contribution in [1.29, 1.82) is 0 Å². The van der Waals surface area contributed by atoms with Crippen LogP contribution in [0, 0.1) is 0 Å². The van der Waals surface area contributed by atoms with Crippen molar-refractivity contribution in [2.75, 3.05) is 11.9 Å². The second-order valence-electron chi connectivity index (χ2n) is 5.40. The number of carbonyl (C=O) groups is 1. The zero-order chi connectivity index (χ0) is 16.6. The molecule has 6 nitrogen and oxygen atoms in total. The first-order valence-corrected chi connectivity index (χ1v) is 7.92. The Bertz CT molecular complexity index is 801. The number of hydrogen-bond donors (Lipinski definition) is 2. The summed E-state index contributed by atoms with van der Waals surface area (Å²) in [6.07, 6.45) is 6.20. The van der Waals surface area contributed by atoms with Gasteiger partial charge in [-0.15, -0.1) is 0 Å². The second-order valence-corrected chi connectivity index (χ2v) is 5.40. The average molecular weight is 321 g/mol. The van der Waals surface area contributed by atoms with Gasteiger partial charge in [0.1, 0.15) is 12.1 Å². The van der Waals surface area contributed by atoms with E-state index in [-0.39, 0.29) is 5.91 Å². The van der Waals surface area contributed by atoms with E-state index in [9.17, 15) is 4.79 Å². The molecule has 0 atom stereocenters. The summed E-state index contributed by atoms with van der Waals surface area (Å²) in [7, 11) is 0. The maximum atomic E-state index is 11.9. The van der Waals surface area contributed by atoms with E-state index >= 15 is 0 Å². The topological polar surface area (TPSA) is 79.8 Å². The van der Waals surface area contributed by atoms with Crippen molar-refractivity contribution in [1.82, 2.24) is 20.3 Å². The molecule has 2 N–H and O–H groups in total. The third kappa shape index (κ3) is 4.25. The van der Waals surface area contributed by atoms with E-state index in [4.69, 9.17) is 0 Å². The van der Waals surface area contributed by atoms with Gasteiger partial charge in [0.2, 0.25) is 5.91 Å². The zero-order valence-corrected chi connectivity index (χ0v) is 13.3. The molecule has 0 aliphatic carbocycles. The summed E-state index contributed by atoms with van der Waals surface area (Å²) in [5.74, 6) is 0.846. The molecule has 0 saturated carbocycles. The number of hydrogen-bond acceptors (Lipinski definition) is 5. The quantitative estimate of drug-likeness (QED) is 0.654. The molecule has 3 aromatic rings. The number of nitrogens with one attached hydrogen (secondary N) is 2. The molecule has 1 amide bonds. The molecule has 0 saturated heterocycles. The van der Waals surface area contributed by atoms with Crippen LogP contribution in [0.2, 0.25) is 0 Å². The average Bonchev–Trinajstić information content (AvgIpc) is 2.64. The fraction of sp³-hybridized carbons (Fsp3) is 0.222. The van der Waals surface area contributed by atoms with Crippen LogP contribution in [0.25, 0.3) is 10.9 Å². The third-order valence-electron chi connectivity index (χ3n) is 3.65. The molecule has 0 radical (unpaired) electrons. The molecule has 2 aromatic heterocycles. The zero-order valence-electron chi connectivity index (χ0n) is 13.3. The largest absolute Gasteiger partial charge is 0.369 e. The Balaban J connectivity index is 1.42. The van der Waals surface area contributed by atoms with Gasteiger partial charge in [-0.3, -0.25) is 9.78 Å². The standard InChI is InChI=1S/C18H19N5O/c24-17(21-12-14-7-10-19-11-8-14)6-3-9-20-18-15-4-1-2-5-16(15)22-13-23-18/h1-2,4-5,7-8,10-11,13H,3,6,9,12H2,(H,21,24)(H,20,22,23). The van der Waals surface area contributed by atoms with Crippen molar-refractivity contribution in [3.05, 3.63) is 60.7 Å². The van der Waals surface area contributed by atoms with E-state index in [0.717, 1.165) is 28.7 Å². The van der Waals surface area contributed by atoms with Crippen molar-refractivity contribution in [2.45, 2.75) is 19.4 Å². The van der Waals surface area contributed by atoms with Crippen molar-refractivity contribution in [2.24, 2.45) is 0 Å². The normalized spacial score (nSPS) is 10.5. The fourth-order valence-corrected chi connectivity index (χ4v) is 2.39. The molecule has 3 rings (SSSR count). The number of para-hydroxylation sites is 1. The highest BCUT2D eigenvalue weighted by atomic mass is 16.1. The summed E-state index contributed by atoms with van der Waals surface area (Å²) in [5, 5.41) is 7.17. The fourth-order valence-electron chi connectivity index (χ4n) is 2.39. The van der Waals surface area contributed by atoms with Crippen LogP contribution in [-0.2, 0) is 11.3 Å². The van der Waals surface area contributed by atoms with Crippen LogP contribution in [0.5, 0.6) is 0 Å². The Morgan fingerprint density at radius 1 is 1.04 bits per heavy atom. The van der Waals surface area contributed by atoms with Crippen LogP contribution in [-0.4, -0.2) is 27.4 Å². The Morgan fingerprint density at radius 3 is 2.75 bits per heavy atom. The van der Waals surface area contributed by atoms with Crippen LogP contribution < -0.4 is 10.6 Å². The number of amides is 1. The summed E-state index contributed by atoms with van der Waals surface area (Å²) in [4.78, 5) is 24.3. The lowest BCUT2D eigenvalue weighted by Crippen LogP contribution is -2.23. The molecular formula is C18H19N5O. The van der Waals surface area contributed by atoms with E-state index in [1.165, 1.54) is 0 Å². The minimum absolute atomic E-state index is 0.0427. The van der Waals surface area contributed by atoms with Crippen LogP contribution in [0.15, 0.2) is 55.1 Å². The molecule has 0 spiro atoms. The lowest BCUT2D eigenvalue weighted by molar-refractivity contribution is -0.121. The Hall–Kier alpha value is -3.02. The smallest absolute Gasteiger partial charge is 0.220 e. The van der Waals surface area contributed by atoms with Crippen LogP contribution in [0.3, 0.4) is 0 Å². The molecule has 0 unspecified atom stereocenters.